The standard InChI is InChI=1S/C14H12ClN3OS/c1-9(19)4-5-18-12-6-10(7-16-11(12)8-17-18)13-2-3-14(15)20-13/h2-3,6-8H,4-5H2,1H3. The van der Waals surface area contributed by atoms with Gasteiger partial charge in [0.15, 0.2) is 0 Å². The molecule has 102 valence electrons. The van der Waals surface area contributed by atoms with Gasteiger partial charge in [0, 0.05) is 29.6 Å². The number of carbonyl (C=O) groups excluding carboxylic acids is 1. The van der Waals surface area contributed by atoms with Crippen LogP contribution in [0, 0.1) is 0 Å². The van der Waals surface area contributed by atoms with Crippen LogP contribution >= 0.6 is 22.9 Å². The fraction of sp³-hybridized carbons (Fsp3) is 0.214. The van der Waals surface area contributed by atoms with Gasteiger partial charge in [-0.3, -0.25) is 14.5 Å². The predicted molar refractivity (Wildman–Crippen MR) is 81.1 cm³/mol. The van der Waals surface area contributed by atoms with E-state index in [4.69, 9.17) is 11.6 Å². The van der Waals surface area contributed by atoms with E-state index in [-0.39, 0.29) is 5.78 Å². The van der Waals surface area contributed by atoms with Crippen molar-refractivity contribution < 1.29 is 4.79 Å². The number of carbonyl (C=O) groups is 1. The largest absolute Gasteiger partial charge is 0.300 e. The molecule has 0 saturated carbocycles. The highest BCUT2D eigenvalue weighted by atomic mass is 35.5. The molecule has 0 bridgehead atoms. The third kappa shape index (κ3) is 2.59. The number of pyridine rings is 1. The summed E-state index contributed by atoms with van der Waals surface area (Å²) >= 11 is 7.48. The molecule has 0 aliphatic carbocycles. The number of hydrogen-bond donors (Lipinski definition) is 0. The fourth-order valence-corrected chi connectivity index (χ4v) is 3.03. The van der Waals surface area contributed by atoms with Crippen LogP contribution in [0.15, 0.2) is 30.6 Å². The smallest absolute Gasteiger partial charge is 0.131 e. The molecule has 0 spiro atoms. The van der Waals surface area contributed by atoms with Crippen molar-refractivity contribution >= 4 is 39.8 Å². The Morgan fingerprint density at radius 2 is 2.25 bits per heavy atom. The zero-order chi connectivity index (χ0) is 14.1. The number of aryl methyl sites for hydroxylation is 1. The van der Waals surface area contributed by atoms with Crippen molar-refractivity contribution in [2.45, 2.75) is 19.9 Å². The summed E-state index contributed by atoms with van der Waals surface area (Å²) in [5.74, 6) is 0.155. The molecule has 3 heterocycles. The summed E-state index contributed by atoms with van der Waals surface area (Å²) in [6.45, 7) is 2.16. The Labute approximate surface area is 125 Å². The van der Waals surface area contributed by atoms with E-state index in [2.05, 4.69) is 10.1 Å². The number of ketones is 1. The Kier molecular flexibility index (Phi) is 3.54. The number of Topliss-reactive ketones (excluding diaryl/α,β-unsaturated/α-hetero) is 1. The minimum atomic E-state index is 0.155. The minimum Gasteiger partial charge on any atom is -0.300 e. The lowest BCUT2D eigenvalue weighted by molar-refractivity contribution is -0.117. The molecule has 0 aliphatic heterocycles. The van der Waals surface area contributed by atoms with Crippen LogP contribution in [0.3, 0.4) is 0 Å². The number of nitrogens with zero attached hydrogens (tertiary/aromatic N) is 3. The molecule has 4 nitrogen and oxygen atoms in total. The van der Waals surface area contributed by atoms with Crippen LogP contribution in [0.1, 0.15) is 13.3 Å². The molecule has 20 heavy (non-hydrogen) atoms. The van der Waals surface area contributed by atoms with Crippen LogP contribution in [-0.4, -0.2) is 20.5 Å². The predicted octanol–water partition coefficient (Wildman–Crippen LogP) is 3.79. The van der Waals surface area contributed by atoms with Crippen LogP contribution in [0.2, 0.25) is 4.34 Å². The maximum atomic E-state index is 11.1. The average Bonchev–Trinajstić information content (AvgIpc) is 3.02. The van der Waals surface area contributed by atoms with Gasteiger partial charge in [-0.1, -0.05) is 11.6 Å². The van der Waals surface area contributed by atoms with Gasteiger partial charge in [-0.25, -0.2) is 0 Å². The van der Waals surface area contributed by atoms with Crippen molar-refractivity contribution in [1.82, 2.24) is 14.8 Å². The molecule has 0 aliphatic rings. The van der Waals surface area contributed by atoms with Crippen molar-refractivity contribution in [3.8, 4) is 10.4 Å². The normalized spacial score (nSPS) is 11.1. The Morgan fingerprint density at radius 3 is 2.95 bits per heavy atom. The third-order valence-electron chi connectivity index (χ3n) is 3.03. The molecule has 3 aromatic rings. The summed E-state index contributed by atoms with van der Waals surface area (Å²) < 4.78 is 2.58. The molecule has 3 aromatic heterocycles. The van der Waals surface area contributed by atoms with E-state index in [9.17, 15) is 4.79 Å². The molecular formula is C14H12ClN3OS. The second-order valence-corrected chi connectivity index (χ2v) is 6.27. The Balaban J connectivity index is 2.00. The van der Waals surface area contributed by atoms with E-state index in [1.54, 1.807) is 13.1 Å². The number of hydrogen-bond acceptors (Lipinski definition) is 4. The first-order valence-corrected chi connectivity index (χ1v) is 7.39. The lowest BCUT2D eigenvalue weighted by atomic mass is 10.2. The maximum Gasteiger partial charge on any atom is 0.131 e. The third-order valence-corrected chi connectivity index (χ3v) is 4.31. The SMILES string of the molecule is CC(=O)CCn1ncc2ncc(-c3ccc(Cl)s3)cc21. The molecule has 0 radical (unpaired) electrons. The van der Waals surface area contributed by atoms with Gasteiger partial charge in [0.05, 0.1) is 16.0 Å². The monoisotopic (exact) mass is 305 g/mol. The second kappa shape index (κ2) is 5.34. The minimum absolute atomic E-state index is 0.155. The van der Waals surface area contributed by atoms with E-state index in [0.717, 1.165) is 25.8 Å². The van der Waals surface area contributed by atoms with E-state index in [1.807, 2.05) is 29.1 Å². The van der Waals surface area contributed by atoms with E-state index in [1.165, 1.54) is 11.3 Å². The van der Waals surface area contributed by atoms with Crippen LogP contribution in [0.5, 0.6) is 0 Å². The van der Waals surface area contributed by atoms with E-state index >= 15 is 0 Å². The molecule has 0 amide bonds. The van der Waals surface area contributed by atoms with Crippen molar-refractivity contribution in [3.63, 3.8) is 0 Å². The second-order valence-electron chi connectivity index (χ2n) is 4.55. The van der Waals surface area contributed by atoms with Gasteiger partial charge in [0.1, 0.15) is 11.3 Å². The van der Waals surface area contributed by atoms with Crippen molar-refractivity contribution in [2.75, 3.05) is 0 Å². The van der Waals surface area contributed by atoms with Crippen LogP contribution in [0.4, 0.5) is 0 Å². The van der Waals surface area contributed by atoms with Crippen molar-refractivity contribution in [3.05, 3.63) is 34.9 Å². The number of halogens is 1. The zero-order valence-electron chi connectivity index (χ0n) is 10.8. The van der Waals surface area contributed by atoms with Gasteiger partial charge in [0.2, 0.25) is 0 Å². The lowest BCUT2D eigenvalue weighted by Crippen LogP contribution is -2.04. The molecule has 0 saturated heterocycles. The van der Waals surface area contributed by atoms with Crippen LogP contribution in [0.25, 0.3) is 21.5 Å². The van der Waals surface area contributed by atoms with Gasteiger partial charge in [0.25, 0.3) is 0 Å². The zero-order valence-corrected chi connectivity index (χ0v) is 12.4. The topological polar surface area (TPSA) is 47.8 Å². The van der Waals surface area contributed by atoms with Crippen LogP contribution in [-0.2, 0) is 11.3 Å². The van der Waals surface area contributed by atoms with Gasteiger partial charge in [-0.05, 0) is 25.1 Å². The highest BCUT2D eigenvalue weighted by Crippen LogP contribution is 2.31. The van der Waals surface area contributed by atoms with Crippen molar-refractivity contribution in [1.29, 1.82) is 0 Å². The van der Waals surface area contributed by atoms with Gasteiger partial charge in [-0.15, -0.1) is 11.3 Å². The summed E-state index contributed by atoms with van der Waals surface area (Å²) in [6, 6.07) is 5.89. The first-order chi connectivity index (χ1) is 9.63. The van der Waals surface area contributed by atoms with Gasteiger partial charge >= 0.3 is 0 Å². The quantitative estimate of drug-likeness (QED) is 0.736. The summed E-state index contributed by atoms with van der Waals surface area (Å²) in [5.41, 5.74) is 2.78. The number of fused-ring (bicyclic) bond motifs is 1. The van der Waals surface area contributed by atoms with Gasteiger partial charge < -0.3 is 0 Å². The van der Waals surface area contributed by atoms with Crippen LogP contribution < -0.4 is 0 Å². The Bertz CT molecular complexity index is 778. The van der Waals surface area contributed by atoms with Gasteiger partial charge in [-0.2, -0.15) is 5.10 Å². The lowest BCUT2D eigenvalue weighted by Gasteiger charge is -2.03. The highest BCUT2D eigenvalue weighted by Gasteiger charge is 2.08. The molecule has 0 fully saturated rings. The molecule has 0 unspecified atom stereocenters. The summed E-state index contributed by atoms with van der Waals surface area (Å²) in [5, 5.41) is 4.29. The summed E-state index contributed by atoms with van der Waals surface area (Å²) in [4.78, 5) is 16.6. The Hall–Kier alpha value is -1.72. The molecule has 6 heteroatoms. The fourth-order valence-electron chi connectivity index (χ4n) is 2.00. The number of aromatic nitrogens is 3. The first kappa shape index (κ1) is 13.3. The molecular weight excluding hydrogens is 294 g/mol. The highest BCUT2D eigenvalue weighted by molar-refractivity contribution is 7.19. The Morgan fingerprint density at radius 1 is 1.40 bits per heavy atom. The average molecular weight is 306 g/mol. The van der Waals surface area contributed by atoms with E-state index < -0.39 is 0 Å². The van der Waals surface area contributed by atoms with Crippen molar-refractivity contribution in [2.24, 2.45) is 0 Å². The molecule has 0 aromatic carbocycles. The first-order valence-electron chi connectivity index (χ1n) is 6.20. The number of thiophene rings is 1. The summed E-state index contributed by atoms with van der Waals surface area (Å²) in [7, 11) is 0. The maximum absolute atomic E-state index is 11.1. The summed E-state index contributed by atoms with van der Waals surface area (Å²) in [6.07, 6.45) is 4.02. The molecule has 3 rings (SSSR count). The van der Waals surface area contributed by atoms with E-state index in [0.29, 0.717) is 13.0 Å². The number of rotatable bonds is 4. The molecule has 0 N–H and O–H groups in total. The molecule has 0 atom stereocenters.